The van der Waals surface area contributed by atoms with Crippen LogP contribution in [-0.2, 0) is 6.42 Å². The highest BCUT2D eigenvalue weighted by Crippen LogP contribution is 2.39. The minimum Gasteiger partial charge on any atom is -0.493 e. The zero-order valence-electron chi connectivity index (χ0n) is 13.2. The Balaban J connectivity index is 1.59. The van der Waals surface area contributed by atoms with Crippen molar-refractivity contribution in [2.45, 2.75) is 31.4 Å². The number of amides is 1. The van der Waals surface area contributed by atoms with Crippen LogP contribution in [0.1, 0.15) is 40.4 Å². The molecule has 6 nitrogen and oxygen atoms in total. The van der Waals surface area contributed by atoms with Crippen LogP contribution in [0.2, 0.25) is 0 Å². The Morgan fingerprint density at radius 3 is 2.83 bits per heavy atom. The number of rotatable bonds is 4. The molecular weight excluding hydrogens is 306 g/mol. The van der Waals surface area contributed by atoms with Crippen LogP contribution in [0.15, 0.2) is 36.9 Å². The Bertz CT molecular complexity index is 744. The van der Waals surface area contributed by atoms with Crippen molar-refractivity contribution in [3.8, 4) is 5.75 Å². The number of ether oxygens (including phenoxy) is 1. The fourth-order valence-corrected chi connectivity index (χ4v) is 3.42. The smallest absolute Gasteiger partial charge is 0.254 e. The number of nitrogens with zero attached hydrogens (tertiary/aromatic N) is 2. The number of hydrogen-bond acceptors (Lipinski definition) is 5. The van der Waals surface area contributed by atoms with Gasteiger partial charge in [-0.05, 0) is 42.0 Å². The third kappa shape index (κ3) is 2.85. The van der Waals surface area contributed by atoms with Gasteiger partial charge in [-0.15, -0.1) is 0 Å². The summed E-state index contributed by atoms with van der Waals surface area (Å²) in [5, 5.41) is 12.8. The summed E-state index contributed by atoms with van der Waals surface area (Å²) >= 11 is 0. The van der Waals surface area contributed by atoms with Crippen molar-refractivity contribution in [1.29, 1.82) is 0 Å². The summed E-state index contributed by atoms with van der Waals surface area (Å²) < 4.78 is 5.56. The normalized spacial score (nSPS) is 22.9. The molecule has 0 radical (unpaired) electrons. The summed E-state index contributed by atoms with van der Waals surface area (Å²) in [5.41, 5.74) is 2.67. The van der Waals surface area contributed by atoms with Gasteiger partial charge in [0.15, 0.2) is 0 Å². The number of carbonyl (C=O) groups is 1. The molecule has 6 heteroatoms. The van der Waals surface area contributed by atoms with E-state index in [0.717, 1.165) is 17.7 Å². The van der Waals surface area contributed by atoms with E-state index in [-0.39, 0.29) is 24.0 Å². The standard InChI is InChI=1S/C18H19N3O3/c22-15-6-13(7-15)17(21-18(23)14-8-19-10-20-9-14)12-1-2-16-11(5-12)3-4-24-16/h1-2,5,8-10,13,15,17,22H,3-4,6-7H2,(H,21,23). The fraction of sp³-hybridized carbons (Fsp3) is 0.389. The lowest BCUT2D eigenvalue weighted by atomic mass is 9.74. The molecule has 2 aromatic rings. The lowest BCUT2D eigenvalue weighted by molar-refractivity contribution is 0.0235. The number of benzene rings is 1. The molecule has 1 unspecified atom stereocenters. The van der Waals surface area contributed by atoms with Gasteiger partial charge < -0.3 is 15.2 Å². The Kier molecular flexibility index (Phi) is 3.90. The average molecular weight is 325 g/mol. The minimum absolute atomic E-state index is 0.132. The molecule has 1 aliphatic carbocycles. The minimum atomic E-state index is -0.271. The zero-order valence-corrected chi connectivity index (χ0v) is 13.2. The van der Waals surface area contributed by atoms with Gasteiger partial charge >= 0.3 is 0 Å². The molecular formula is C18H19N3O3. The fourth-order valence-electron chi connectivity index (χ4n) is 3.42. The number of nitrogens with one attached hydrogen (secondary N) is 1. The summed E-state index contributed by atoms with van der Waals surface area (Å²) in [7, 11) is 0. The number of fused-ring (bicyclic) bond motifs is 1. The van der Waals surface area contributed by atoms with Crippen molar-refractivity contribution < 1.29 is 14.6 Å². The van der Waals surface area contributed by atoms with E-state index >= 15 is 0 Å². The van der Waals surface area contributed by atoms with E-state index in [4.69, 9.17) is 4.74 Å². The van der Waals surface area contributed by atoms with Crippen molar-refractivity contribution in [2.24, 2.45) is 5.92 Å². The molecule has 0 saturated heterocycles. The lowest BCUT2D eigenvalue weighted by Crippen LogP contribution is -2.41. The second-order valence-corrected chi connectivity index (χ2v) is 6.43. The molecule has 0 bridgehead atoms. The van der Waals surface area contributed by atoms with Crippen LogP contribution in [-0.4, -0.2) is 33.7 Å². The van der Waals surface area contributed by atoms with Gasteiger partial charge in [0.05, 0.1) is 24.3 Å². The maximum absolute atomic E-state index is 12.5. The summed E-state index contributed by atoms with van der Waals surface area (Å²) in [6.07, 6.45) is 6.43. The van der Waals surface area contributed by atoms with E-state index in [1.54, 1.807) is 0 Å². The SMILES string of the molecule is O=C(NC(c1ccc2c(c1)CCO2)C1CC(O)C1)c1cncnc1. The third-order valence-electron chi connectivity index (χ3n) is 4.80. The lowest BCUT2D eigenvalue weighted by Gasteiger charge is -2.38. The second kappa shape index (κ2) is 6.20. The van der Waals surface area contributed by atoms with Crippen molar-refractivity contribution in [3.05, 3.63) is 53.6 Å². The second-order valence-electron chi connectivity index (χ2n) is 6.43. The highest BCUT2D eigenvalue weighted by molar-refractivity contribution is 5.93. The van der Waals surface area contributed by atoms with E-state index in [9.17, 15) is 9.90 Å². The summed E-state index contributed by atoms with van der Waals surface area (Å²) in [6, 6.07) is 5.95. The van der Waals surface area contributed by atoms with Gasteiger partial charge in [-0.1, -0.05) is 6.07 Å². The van der Waals surface area contributed by atoms with Gasteiger partial charge in [0, 0.05) is 18.8 Å². The highest BCUT2D eigenvalue weighted by Gasteiger charge is 2.36. The Labute approximate surface area is 139 Å². The number of aliphatic hydroxyl groups excluding tert-OH is 1. The first-order valence-electron chi connectivity index (χ1n) is 8.20. The molecule has 2 N–H and O–H groups in total. The molecule has 1 atom stereocenters. The molecule has 1 saturated carbocycles. The Morgan fingerprint density at radius 2 is 2.08 bits per heavy atom. The van der Waals surface area contributed by atoms with E-state index in [0.29, 0.717) is 25.0 Å². The molecule has 1 aliphatic heterocycles. The van der Waals surface area contributed by atoms with E-state index in [2.05, 4.69) is 21.4 Å². The molecule has 0 spiro atoms. The Morgan fingerprint density at radius 1 is 1.29 bits per heavy atom. The molecule has 1 aromatic heterocycles. The molecule has 4 rings (SSSR count). The van der Waals surface area contributed by atoms with Crippen molar-refractivity contribution in [2.75, 3.05) is 6.61 Å². The molecule has 1 amide bonds. The topological polar surface area (TPSA) is 84.3 Å². The molecule has 1 fully saturated rings. The maximum Gasteiger partial charge on any atom is 0.254 e. The van der Waals surface area contributed by atoms with Crippen LogP contribution in [0.4, 0.5) is 0 Å². The van der Waals surface area contributed by atoms with Gasteiger partial charge in [-0.3, -0.25) is 4.79 Å². The highest BCUT2D eigenvalue weighted by atomic mass is 16.5. The predicted molar refractivity (Wildman–Crippen MR) is 86.6 cm³/mol. The largest absolute Gasteiger partial charge is 0.493 e. The van der Waals surface area contributed by atoms with Crippen molar-refractivity contribution in [3.63, 3.8) is 0 Å². The van der Waals surface area contributed by atoms with E-state index < -0.39 is 0 Å². The van der Waals surface area contributed by atoms with Crippen LogP contribution >= 0.6 is 0 Å². The van der Waals surface area contributed by atoms with Gasteiger partial charge in [-0.2, -0.15) is 0 Å². The maximum atomic E-state index is 12.5. The third-order valence-corrected chi connectivity index (χ3v) is 4.80. The van der Waals surface area contributed by atoms with Gasteiger partial charge in [-0.25, -0.2) is 9.97 Å². The molecule has 1 aromatic carbocycles. The van der Waals surface area contributed by atoms with Crippen molar-refractivity contribution in [1.82, 2.24) is 15.3 Å². The molecule has 24 heavy (non-hydrogen) atoms. The zero-order chi connectivity index (χ0) is 16.5. The average Bonchev–Trinajstić information content (AvgIpc) is 3.05. The van der Waals surface area contributed by atoms with Crippen LogP contribution < -0.4 is 10.1 Å². The van der Waals surface area contributed by atoms with Gasteiger partial charge in [0.25, 0.3) is 5.91 Å². The van der Waals surface area contributed by atoms with E-state index in [1.165, 1.54) is 24.3 Å². The summed E-state index contributed by atoms with van der Waals surface area (Å²) in [5.74, 6) is 0.960. The molecule has 124 valence electrons. The predicted octanol–water partition coefficient (Wildman–Crippen LogP) is 1.65. The monoisotopic (exact) mass is 325 g/mol. The summed E-state index contributed by atoms with van der Waals surface area (Å²) in [6.45, 7) is 0.708. The van der Waals surface area contributed by atoms with Crippen molar-refractivity contribution >= 4 is 5.91 Å². The quantitative estimate of drug-likeness (QED) is 0.893. The summed E-state index contributed by atoms with van der Waals surface area (Å²) in [4.78, 5) is 20.3. The van der Waals surface area contributed by atoms with Gasteiger partial charge in [0.2, 0.25) is 0 Å². The van der Waals surface area contributed by atoms with Crippen LogP contribution in [0.25, 0.3) is 0 Å². The van der Waals surface area contributed by atoms with E-state index in [1.807, 2.05) is 12.1 Å². The Hall–Kier alpha value is -2.47. The first kappa shape index (κ1) is 15.1. The van der Waals surface area contributed by atoms with Crippen LogP contribution in [0.3, 0.4) is 0 Å². The number of hydrogen-bond donors (Lipinski definition) is 2. The van der Waals surface area contributed by atoms with Crippen LogP contribution in [0, 0.1) is 5.92 Å². The molecule has 2 heterocycles. The molecule has 2 aliphatic rings. The van der Waals surface area contributed by atoms with Gasteiger partial charge in [0.1, 0.15) is 12.1 Å². The first-order valence-corrected chi connectivity index (χ1v) is 8.20. The number of aliphatic hydroxyl groups is 1. The van der Waals surface area contributed by atoms with Crippen LogP contribution in [0.5, 0.6) is 5.75 Å². The number of carbonyl (C=O) groups excluding carboxylic acids is 1. The number of aromatic nitrogens is 2. The first-order chi connectivity index (χ1) is 11.7.